The largest absolute Gasteiger partial charge is 0.426 e. The maximum Gasteiger partial charge on any atom is 0.311 e. The Kier molecular flexibility index (Phi) is 4.15. The molecule has 0 saturated heterocycles. The molecule has 1 N–H and O–H groups in total. The number of esters is 1. The molecular formula is C15H18O3. The van der Waals surface area contributed by atoms with Gasteiger partial charge in [0.2, 0.25) is 0 Å². The lowest BCUT2D eigenvalue weighted by Gasteiger charge is -2.06. The van der Waals surface area contributed by atoms with Crippen molar-refractivity contribution in [3.63, 3.8) is 0 Å². The van der Waals surface area contributed by atoms with Crippen LogP contribution in [0.2, 0.25) is 0 Å². The molecule has 0 bridgehead atoms. The Hall–Kier alpha value is -1.61. The average Bonchev–Trinajstić information content (AvgIpc) is 2.67. The Morgan fingerprint density at radius 1 is 1.33 bits per heavy atom. The Morgan fingerprint density at radius 2 is 2.11 bits per heavy atom. The van der Waals surface area contributed by atoms with E-state index in [4.69, 9.17) is 4.74 Å². The first-order chi connectivity index (χ1) is 8.72. The number of aliphatic hydroxyl groups is 1. The van der Waals surface area contributed by atoms with Gasteiger partial charge < -0.3 is 9.84 Å². The lowest BCUT2D eigenvalue weighted by atomic mass is 10.1. The number of carbonyl (C=O) groups excluding carboxylic acids is 1. The van der Waals surface area contributed by atoms with E-state index in [1.165, 1.54) is 0 Å². The van der Waals surface area contributed by atoms with Crippen molar-refractivity contribution in [3.8, 4) is 0 Å². The van der Waals surface area contributed by atoms with Gasteiger partial charge >= 0.3 is 5.97 Å². The highest BCUT2D eigenvalue weighted by atomic mass is 16.5. The Balaban J connectivity index is 1.99. The summed E-state index contributed by atoms with van der Waals surface area (Å²) >= 11 is 0. The molecule has 0 aliphatic heterocycles. The fraction of sp³-hybridized carbons (Fsp3) is 0.400. The molecule has 1 aromatic rings. The topological polar surface area (TPSA) is 46.5 Å². The molecule has 18 heavy (non-hydrogen) atoms. The van der Waals surface area contributed by atoms with Gasteiger partial charge in [-0.25, -0.2) is 0 Å². The zero-order chi connectivity index (χ0) is 13.0. The van der Waals surface area contributed by atoms with Crippen molar-refractivity contribution in [1.29, 1.82) is 0 Å². The third kappa shape index (κ3) is 2.79. The highest BCUT2D eigenvalue weighted by molar-refractivity contribution is 5.81. The van der Waals surface area contributed by atoms with Gasteiger partial charge in [-0.1, -0.05) is 44.0 Å². The van der Waals surface area contributed by atoms with Crippen molar-refractivity contribution in [3.05, 3.63) is 41.5 Å². The van der Waals surface area contributed by atoms with Gasteiger partial charge in [0.25, 0.3) is 0 Å². The number of carbonyl (C=O) groups is 1. The average molecular weight is 246 g/mol. The maximum absolute atomic E-state index is 11.6. The molecule has 0 aromatic heterocycles. The molecule has 0 saturated carbocycles. The van der Waals surface area contributed by atoms with Crippen molar-refractivity contribution >= 4 is 11.7 Å². The SMILES string of the molecule is CCCCCC(=O)OC1=CC(O)c2ccccc21. The first-order valence-electron chi connectivity index (χ1n) is 6.42. The number of aliphatic hydroxyl groups excluding tert-OH is 1. The third-order valence-electron chi connectivity index (χ3n) is 3.06. The van der Waals surface area contributed by atoms with Gasteiger partial charge in [-0.15, -0.1) is 0 Å². The molecule has 1 aliphatic rings. The van der Waals surface area contributed by atoms with E-state index in [1.807, 2.05) is 24.3 Å². The third-order valence-corrected chi connectivity index (χ3v) is 3.06. The van der Waals surface area contributed by atoms with Gasteiger partial charge in [-0.3, -0.25) is 4.79 Å². The van der Waals surface area contributed by atoms with Crippen LogP contribution in [0.4, 0.5) is 0 Å². The van der Waals surface area contributed by atoms with Crippen molar-refractivity contribution in [2.24, 2.45) is 0 Å². The van der Waals surface area contributed by atoms with E-state index in [-0.39, 0.29) is 5.97 Å². The number of rotatable bonds is 5. The molecule has 0 radical (unpaired) electrons. The van der Waals surface area contributed by atoms with Gasteiger partial charge in [-0.05, 0) is 18.1 Å². The molecule has 3 nitrogen and oxygen atoms in total. The van der Waals surface area contributed by atoms with Crippen LogP contribution in [0.5, 0.6) is 0 Å². The molecule has 0 fully saturated rings. The normalized spacial score (nSPS) is 17.2. The van der Waals surface area contributed by atoms with Crippen LogP contribution in [-0.2, 0) is 9.53 Å². The highest BCUT2D eigenvalue weighted by Gasteiger charge is 2.23. The van der Waals surface area contributed by atoms with Crippen LogP contribution in [-0.4, -0.2) is 11.1 Å². The van der Waals surface area contributed by atoms with Gasteiger partial charge in [-0.2, -0.15) is 0 Å². The predicted octanol–water partition coefficient (Wildman–Crippen LogP) is 3.20. The standard InChI is InChI=1S/C15H18O3/c1-2-3-4-9-15(17)18-14-10-13(16)11-7-5-6-8-12(11)14/h5-8,10,13,16H,2-4,9H2,1H3. The van der Waals surface area contributed by atoms with Crippen LogP contribution in [0.3, 0.4) is 0 Å². The van der Waals surface area contributed by atoms with Crippen LogP contribution in [0.1, 0.15) is 49.8 Å². The van der Waals surface area contributed by atoms with Crippen LogP contribution in [0.15, 0.2) is 30.3 Å². The smallest absolute Gasteiger partial charge is 0.311 e. The monoisotopic (exact) mass is 246 g/mol. The summed E-state index contributed by atoms with van der Waals surface area (Å²) in [6.07, 6.45) is 4.32. The summed E-state index contributed by atoms with van der Waals surface area (Å²) < 4.78 is 5.32. The molecule has 1 aliphatic carbocycles. The Morgan fingerprint density at radius 3 is 2.89 bits per heavy atom. The summed E-state index contributed by atoms with van der Waals surface area (Å²) in [5.74, 6) is 0.262. The van der Waals surface area contributed by atoms with Crippen molar-refractivity contribution in [2.75, 3.05) is 0 Å². The second-order valence-corrected chi connectivity index (χ2v) is 4.49. The number of hydrogen-bond donors (Lipinski definition) is 1. The summed E-state index contributed by atoms with van der Waals surface area (Å²) in [4.78, 5) is 11.6. The lowest BCUT2D eigenvalue weighted by Crippen LogP contribution is -2.02. The molecule has 96 valence electrons. The first kappa shape index (κ1) is 12.8. The number of hydrogen-bond acceptors (Lipinski definition) is 3. The fourth-order valence-electron chi connectivity index (χ4n) is 2.08. The number of ether oxygens (including phenoxy) is 1. The van der Waals surface area contributed by atoms with Crippen molar-refractivity contribution < 1.29 is 14.6 Å². The number of unbranched alkanes of at least 4 members (excludes halogenated alkanes) is 2. The molecule has 0 amide bonds. The van der Waals surface area contributed by atoms with Gasteiger partial charge in [0.15, 0.2) is 0 Å². The van der Waals surface area contributed by atoms with Crippen LogP contribution >= 0.6 is 0 Å². The van der Waals surface area contributed by atoms with E-state index < -0.39 is 6.10 Å². The molecular weight excluding hydrogens is 228 g/mol. The summed E-state index contributed by atoms with van der Waals surface area (Å²) in [6, 6.07) is 7.43. The predicted molar refractivity (Wildman–Crippen MR) is 69.6 cm³/mol. The molecule has 1 unspecified atom stereocenters. The van der Waals surface area contributed by atoms with Crippen LogP contribution in [0, 0.1) is 0 Å². The molecule has 0 spiro atoms. The van der Waals surface area contributed by atoms with E-state index in [0.717, 1.165) is 30.4 Å². The van der Waals surface area contributed by atoms with Gasteiger partial charge in [0.1, 0.15) is 11.9 Å². The van der Waals surface area contributed by atoms with Crippen LogP contribution in [0.25, 0.3) is 5.76 Å². The second kappa shape index (κ2) is 5.83. The van der Waals surface area contributed by atoms with E-state index in [2.05, 4.69) is 6.92 Å². The molecule has 1 atom stereocenters. The summed E-state index contributed by atoms with van der Waals surface area (Å²) in [6.45, 7) is 2.09. The van der Waals surface area contributed by atoms with Crippen LogP contribution < -0.4 is 0 Å². The minimum Gasteiger partial charge on any atom is -0.426 e. The summed E-state index contributed by atoms with van der Waals surface area (Å²) in [7, 11) is 0. The lowest BCUT2D eigenvalue weighted by molar-refractivity contribution is -0.136. The zero-order valence-corrected chi connectivity index (χ0v) is 10.6. The van der Waals surface area contributed by atoms with E-state index in [9.17, 15) is 9.90 Å². The quantitative estimate of drug-likeness (QED) is 0.641. The van der Waals surface area contributed by atoms with E-state index in [1.54, 1.807) is 6.08 Å². The summed E-state index contributed by atoms with van der Waals surface area (Å²) in [5.41, 5.74) is 1.61. The van der Waals surface area contributed by atoms with E-state index >= 15 is 0 Å². The first-order valence-corrected chi connectivity index (χ1v) is 6.42. The molecule has 3 heteroatoms. The van der Waals surface area contributed by atoms with Gasteiger partial charge in [0, 0.05) is 12.0 Å². The van der Waals surface area contributed by atoms with Crippen molar-refractivity contribution in [2.45, 2.75) is 38.7 Å². The second-order valence-electron chi connectivity index (χ2n) is 4.49. The maximum atomic E-state index is 11.6. The van der Waals surface area contributed by atoms with E-state index in [0.29, 0.717) is 12.2 Å². The highest BCUT2D eigenvalue weighted by Crippen LogP contribution is 2.34. The summed E-state index contributed by atoms with van der Waals surface area (Å²) in [5, 5.41) is 9.81. The number of fused-ring (bicyclic) bond motifs is 1. The minimum absolute atomic E-state index is 0.224. The Bertz CT molecular complexity index is 463. The molecule has 0 heterocycles. The Labute approximate surface area is 107 Å². The van der Waals surface area contributed by atoms with Crippen molar-refractivity contribution in [1.82, 2.24) is 0 Å². The molecule has 1 aromatic carbocycles. The van der Waals surface area contributed by atoms with Gasteiger partial charge in [0.05, 0.1) is 0 Å². The minimum atomic E-state index is -0.667. The zero-order valence-electron chi connectivity index (χ0n) is 10.6. The number of benzene rings is 1. The fourth-order valence-corrected chi connectivity index (χ4v) is 2.08. The molecule has 2 rings (SSSR count).